The molecule has 1 aliphatic rings. The average molecular weight is 286 g/mol. The van der Waals surface area contributed by atoms with Crippen molar-refractivity contribution in [2.75, 3.05) is 26.8 Å². The average Bonchev–Trinajstić information content (AvgIpc) is 2.45. The molecule has 0 radical (unpaired) electrons. The minimum atomic E-state index is 0. The van der Waals surface area contributed by atoms with E-state index in [2.05, 4.69) is 17.4 Å². The zero-order valence-electron chi connectivity index (χ0n) is 11.6. The molecule has 0 amide bonds. The van der Waals surface area contributed by atoms with Crippen LogP contribution in [0.5, 0.6) is 5.75 Å². The summed E-state index contributed by atoms with van der Waals surface area (Å²) in [5.41, 5.74) is 1.21. The highest BCUT2D eigenvalue weighted by Gasteiger charge is 2.12. The number of nitrogens with one attached hydrogen (secondary N) is 1. The van der Waals surface area contributed by atoms with Crippen LogP contribution in [-0.2, 0) is 11.3 Å². The summed E-state index contributed by atoms with van der Waals surface area (Å²) >= 11 is 0. The number of piperidine rings is 1. The molecular weight excluding hydrogens is 262 g/mol. The fourth-order valence-electron chi connectivity index (χ4n) is 2.33. The van der Waals surface area contributed by atoms with E-state index < -0.39 is 0 Å². The number of hydrogen-bond donors (Lipinski definition) is 1. The van der Waals surface area contributed by atoms with Gasteiger partial charge in [-0.1, -0.05) is 12.1 Å². The molecule has 0 unspecified atom stereocenters. The Labute approximate surface area is 122 Å². The van der Waals surface area contributed by atoms with Gasteiger partial charge in [-0.15, -0.1) is 12.4 Å². The molecule has 1 fully saturated rings. The summed E-state index contributed by atoms with van der Waals surface area (Å²) in [4.78, 5) is 0. The van der Waals surface area contributed by atoms with E-state index in [4.69, 9.17) is 9.47 Å². The van der Waals surface area contributed by atoms with Crippen molar-refractivity contribution in [1.29, 1.82) is 0 Å². The van der Waals surface area contributed by atoms with Crippen LogP contribution in [0, 0.1) is 5.92 Å². The molecule has 1 aliphatic heterocycles. The number of hydrogen-bond acceptors (Lipinski definition) is 3. The lowest BCUT2D eigenvalue weighted by molar-refractivity contribution is 0.103. The first-order chi connectivity index (χ1) is 8.88. The van der Waals surface area contributed by atoms with Gasteiger partial charge in [0.2, 0.25) is 0 Å². The van der Waals surface area contributed by atoms with E-state index in [0.29, 0.717) is 6.61 Å². The molecule has 0 aromatic heterocycles. The third-order valence-electron chi connectivity index (χ3n) is 3.56. The molecule has 1 aromatic rings. The van der Waals surface area contributed by atoms with Crippen molar-refractivity contribution >= 4 is 12.4 Å². The van der Waals surface area contributed by atoms with Gasteiger partial charge in [-0.3, -0.25) is 0 Å². The van der Waals surface area contributed by atoms with Crippen molar-refractivity contribution in [3.05, 3.63) is 29.8 Å². The molecule has 4 heteroatoms. The van der Waals surface area contributed by atoms with Crippen molar-refractivity contribution in [2.45, 2.75) is 25.9 Å². The van der Waals surface area contributed by atoms with Crippen LogP contribution in [0.2, 0.25) is 0 Å². The van der Waals surface area contributed by atoms with Crippen LogP contribution in [0.4, 0.5) is 0 Å². The van der Waals surface area contributed by atoms with E-state index in [0.717, 1.165) is 18.3 Å². The molecule has 1 saturated heterocycles. The Morgan fingerprint density at radius 3 is 2.47 bits per heavy atom. The lowest BCUT2D eigenvalue weighted by atomic mass is 9.95. The maximum Gasteiger partial charge on any atom is 0.118 e. The Kier molecular flexibility index (Phi) is 7.87. The molecule has 1 aromatic carbocycles. The van der Waals surface area contributed by atoms with Crippen LogP contribution in [0.3, 0.4) is 0 Å². The normalized spacial score (nSPS) is 15.8. The van der Waals surface area contributed by atoms with Gasteiger partial charge in [0, 0.05) is 6.61 Å². The van der Waals surface area contributed by atoms with Crippen LogP contribution >= 0.6 is 12.4 Å². The minimum absolute atomic E-state index is 0. The summed E-state index contributed by atoms with van der Waals surface area (Å²) in [6, 6.07) is 8.07. The molecule has 1 N–H and O–H groups in total. The van der Waals surface area contributed by atoms with Gasteiger partial charge in [0.15, 0.2) is 0 Å². The molecular formula is C15H24ClNO2. The molecule has 3 nitrogen and oxygen atoms in total. The first-order valence-electron chi connectivity index (χ1n) is 6.80. The minimum Gasteiger partial charge on any atom is -0.497 e. The van der Waals surface area contributed by atoms with E-state index in [-0.39, 0.29) is 12.4 Å². The molecule has 19 heavy (non-hydrogen) atoms. The number of methoxy groups -OCH3 is 1. The van der Waals surface area contributed by atoms with Crippen LogP contribution in [0.1, 0.15) is 24.8 Å². The van der Waals surface area contributed by atoms with Crippen LogP contribution in [0.25, 0.3) is 0 Å². The number of rotatable bonds is 6. The second-order valence-electron chi connectivity index (χ2n) is 4.88. The van der Waals surface area contributed by atoms with E-state index in [9.17, 15) is 0 Å². The van der Waals surface area contributed by atoms with Gasteiger partial charge >= 0.3 is 0 Å². The number of ether oxygens (including phenoxy) is 2. The Morgan fingerprint density at radius 2 is 1.84 bits per heavy atom. The van der Waals surface area contributed by atoms with E-state index in [1.54, 1.807) is 7.11 Å². The Bertz CT molecular complexity index is 337. The molecule has 0 atom stereocenters. The highest BCUT2D eigenvalue weighted by molar-refractivity contribution is 5.85. The summed E-state index contributed by atoms with van der Waals surface area (Å²) in [6.45, 7) is 3.91. The fourth-order valence-corrected chi connectivity index (χ4v) is 2.33. The Balaban J connectivity index is 0.00000180. The summed E-state index contributed by atoms with van der Waals surface area (Å²) in [5, 5.41) is 3.39. The van der Waals surface area contributed by atoms with Gasteiger partial charge in [-0.05, 0) is 56.0 Å². The van der Waals surface area contributed by atoms with Gasteiger partial charge in [0.1, 0.15) is 5.75 Å². The van der Waals surface area contributed by atoms with E-state index >= 15 is 0 Å². The standard InChI is InChI=1S/C15H23NO2.ClH/c1-17-15-4-2-14(3-5-15)12-18-11-8-13-6-9-16-10-7-13;/h2-5,13,16H,6-12H2,1H3;1H. The first-order valence-corrected chi connectivity index (χ1v) is 6.80. The van der Waals surface area contributed by atoms with Crippen molar-refractivity contribution in [3.8, 4) is 5.75 Å². The third-order valence-corrected chi connectivity index (χ3v) is 3.56. The molecule has 0 bridgehead atoms. The van der Waals surface area contributed by atoms with Gasteiger partial charge < -0.3 is 14.8 Å². The predicted molar refractivity (Wildman–Crippen MR) is 80.1 cm³/mol. The van der Waals surface area contributed by atoms with Crippen LogP contribution < -0.4 is 10.1 Å². The smallest absolute Gasteiger partial charge is 0.118 e. The highest BCUT2D eigenvalue weighted by atomic mass is 35.5. The van der Waals surface area contributed by atoms with Crippen molar-refractivity contribution in [3.63, 3.8) is 0 Å². The van der Waals surface area contributed by atoms with E-state index in [1.165, 1.54) is 37.9 Å². The molecule has 0 saturated carbocycles. The summed E-state index contributed by atoms with van der Waals surface area (Å²) < 4.78 is 10.9. The van der Waals surface area contributed by atoms with E-state index in [1.807, 2.05) is 12.1 Å². The highest BCUT2D eigenvalue weighted by Crippen LogP contribution is 2.16. The summed E-state index contributed by atoms with van der Waals surface area (Å²) in [5.74, 6) is 1.75. The molecule has 2 rings (SSSR count). The van der Waals surface area contributed by atoms with Crippen molar-refractivity contribution in [2.24, 2.45) is 5.92 Å². The fraction of sp³-hybridized carbons (Fsp3) is 0.600. The third kappa shape index (κ3) is 5.81. The molecule has 108 valence electrons. The number of benzene rings is 1. The molecule has 1 heterocycles. The Hall–Kier alpha value is -0.770. The SMILES string of the molecule is COc1ccc(COCCC2CCNCC2)cc1.Cl. The van der Waals surface area contributed by atoms with Gasteiger partial charge in [0.05, 0.1) is 13.7 Å². The lowest BCUT2D eigenvalue weighted by Crippen LogP contribution is -2.28. The quantitative estimate of drug-likeness (QED) is 0.815. The number of halogens is 1. The maximum absolute atomic E-state index is 5.73. The monoisotopic (exact) mass is 285 g/mol. The summed E-state index contributed by atoms with van der Waals surface area (Å²) in [7, 11) is 1.69. The van der Waals surface area contributed by atoms with Crippen molar-refractivity contribution < 1.29 is 9.47 Å². The van der Waals surface area contributed by atoms with Crippen molar-refractivity contribution in [1.82, 2.24) is 5.32 Å². The molecule has 0 spiro atoms. The second kappa shape index (κ2) is 9.18. The van der Waals surface area contributed by atoms with Gasteiger partial charge in [-0.2, -0.15) is 0 Å². The summed E-state index contributed by atoms with van der Waals surface area (Å²) in [6.07, 6.45) is 3.79. The second-order valence-corrected chi connectivity index (χ2v) is 4.88. The zero-order chi connectivity index (χ0) is 12.6. The lowest BCUT2D eigenvalue weighted by Gasteiger charge is -2.22. The zero-order valence-corrected chi connectivity index (χ0v) is 12.4. The topological polar surface area (TPSA) is 30.5 Å². The van der Waals surface area contributed by atoms with Gasteiger partial charge in [0.25, 0.3) is 0 Å². The van der Waals surface area contributed by atoms with Crippen LogP contribution in [-0.4, -0.2) is 26.8 Å². The van der Waals surface area contributed by atoms with Gasteiger partial charge in [-0.25, -0.2) is 0 Å². The molecule has 0 aliphatic carbocycles. The first kappa shape index (κ1) is 16.3. The Morgan fingerprint density at radius 1 is 1.16 bits per heavy atom. The maximum atomic E-state index is 5.73. The van der Waals surface area contributed by atoms with Crippen LogP contribution in [0.15, 0.2) is 24.3 Å². The largest absolute Gasteiger partial charge is 0.497 e. The predicted octanol–water partition coefficient (Wildman–Crippen LogP) is 3.02.